The Morgan fingerprint density at radius 2 is 1.70 bits per heavy atom. The summed E-state index contributed by atoms with van der Waals surface area (Å²) in [6.07, 6.45) is 2.85. The molecule has 0 fully saturated rings. The summed E-state index contributed by atoms with van der Waals surface area (Å²) in [5.74, 6) is -0.152. The van der Waals surface area contributed by atoms with Gasteiger partial charge in [0.15, 0.2) is 0 Å². The van der Waals surface area contributed by atoms with E-state index in [1.54, 1.807) is 0 Å². The van der Waals surface area contributed by atoms with Gasteiger partial charge in [0.2, 0.25) is 0 Å². The SMILES string of the molecule is C.CC(C)(C)NC(CCCCNP)C(=O)OC(C)(C)C. The Balaban J connectivity index is 0. The summed E-state index contributed by atoms with van der Waals surface area (Å²) in [7, 11) is 2.49. The molecule has 0 aliphatic rings. The van der Waals surface area contributed by atoms with Crippen molar-refractivity contribution in [2.75, 3.05) is 6.54 Å². The minimum Gasteiger partial charge on any atom is -0.459 e. The number of nitrogens with one attached hydrogen (secondary N) is 2. The molecule has 0 heterocycles. The molecule has 0 spiro atoms. The Morgan fingerprint density at radius 3 is 2.10 bits per heavy atom. The normalized spacial score (nSPS) is 13.6. The second kappa shape index (κ2) is 9.70. The first-order valence-corrected chi connectivity index (χ1v) is 7.57. The van der Waals surface area contributed by atoms with Crippen LogP contribution in [0.15, 0.2) is 0 Å². The molecule has 0 amide bonds. The van der Waals surface area contributed by atoms with Crippen LogP contribution in [0.2, 0.25) is 0 Å². The van der Waals surface area contributed by atoms with Gasteiger partial charge in [-0.15, -0.1) is 0 Å². The lowest BCUT2D eigenvalue weighted by Gasteiger charge is -2.30. The van der Waals surface area contributed by atoms with Gasteiger partial charge in [-0.1, -0.05) is 23.2 Å². The summed E-state index contributed by atoms with van der Waals surface area (Å²) in [6.45, 7) is 12.8. The molecule has 122 valence electrons. The number of esters is 1. The van der Waals surface area contributed by atoms with Crippen LogP contribution in [0.4, 0.5) is 0 Å². The van der Waals surface area contributed by atoms with E-state index < -0.39 is 5.60 Å². The number of ether oxygens (including phenoxy) is 1. The van der Waals surface area contributed by atoms with Gasteiger partial charge in [-0.05, 0) is 60.9 Å². The Morgan fingerprint density at radius 1 is 1.15 bits per heavy atom. The van der Waals surface area contributed by atoms with Crippen molar-refractivity contribution in [1.29, 1.82) is 0 Å². The lowest BCUT2D eigenvalue weighted by Crippen LogP contribution is -2.49. The van der Waals surface area contributed by atoms with Crippen LogP contribution in [0.1, 0.15) is 68.2 Å². The summed E-state index contributed by atoms with van der Waals surface area (Å²) in [6, 6.07) is -0.233. The van der Waals surface area contributed by atoms with Gasteiger partial charge >= 0.3 is 5.97 Å². The zero-order valence-electron chi connectivity index (χ0n) is 13.3. The molecule has 4 nitrogen and oxygen atoms in total. The van der Waals surface area contributed by atoms with Crippen molar-refractivity contribution < 1.29 is 9.53 Å². The second-order valence-corrected chi connectivity index (χ2v) is 7.34. The van der Waals surface area contributed by atoms with E-state index in [1.807, 2.05) is 20.8 Å². The van der Waals surface area contributed by atoms with Gasteiger partial charge in [0.1, 0.15) is 11.6 Å². The van der Waals surface area contributed by atoms with Crippen LogP contribution >= 0.6 is 9.39 Å². The van der Waals surface area contributed by atoms with Crippen LogP contribution in [0, 0.1) is 0 Å². The average molecular weight is 306 g/mol. The van der Waals surface area contributed by atoms with Crippen molar-refractivity contribution in [2.24, 2.45) is 0 Å². The van der Waals surface area contributed by atoms with E-state index in [-0.39, 0.29) is 25.0 Å². The summed E-state index contributed by atoms with van der Waals surface area (Å²) in [5, 5.41) is 6.39. The molecular weight excluding hydrogens is 271 g/mol. The van der Waals surface area contributed by atoms with Gasteiger partial charge in [-0.2, -0.15) is 0 Å². The second-order valence-electron chi connectivity index (χ2n) is 6.93. The van der Waals surface area contributed by atoms with Gasteiger partial charge in [-0.25, -0.2) is 0 Å². The fourth-order valence-electron chi connectivity index (χ4n) is 1.72. The van der Waals surface area contributed by atoms with Crippen LogP contribution in [0.3, 0.4) is 0 Å². The van der Waals surface area contributed by atoms with E-state index in [1.165, 1.54) is 0 Å². The fourth-order valence-corrected chi connectivity index (χ4v) is 1.92. The Bertz CT molecular complexity index is 270. The van der Waals surface area contributed by atoms with Crippen molar-refractivity contribution in [1.82, 2.24) is 10.4 Å². The lowest BCUT2D eigenvalue weighted by molar-refractivity contribution is -0.158. The Labute approximate surface area is 128 Å². The molecule has 5 heteroatoms. The van der Waals surface area contributed by atoms with E-state index in [4.69, 9.17) is 4.74 Å². The number of hydrogen-bond donors (Lipinski definition) is 2. The van der Waals surface area contributed by atoms with Crippen LogP contribution < -0.4 is 10.4 Å². The van der Waals surface area contributed by atoms with Gasteiger partial charge in [-0.3, -0.25) is 10.1 Å². The molecule has 0 saturated carbocycles. The molecule has 0 aliphatic heterocycles. The molecule has 0 aromatic heterocycles. The maximum absolute atomic E-state index is 12.2. The molecule has 2 N–H and O–H groups in total. The first kappa shape index (κ1) is 22.1. The van der Waals surface area contributed by atoms with Gasteiger partial charge < -0.3 is 9.82 Å². The third-order valence-electron chi connectivity index (χ3n) is 2.36. The lowest BCUT2D eigenvalue weighted by atomic mass is 10.0. The highest BCUT2D eigenvalue weighted by atomic mass is 31.0. The maximum atomic E-state index is 12.2. The van der Waals surface area contributed by atoms with Crippen LogP contribution in [-0.2, 0) is 9.53 Å². The number of rotatable bonds is 7. The van der Waals surface area contributed by atoms with E-state index >= 15 is 0 Å². The minimum absolute atomic E-state index is 0. The standard InChI is InChI=1S/C14H31N2O2P.CH4/c1-13(2,3)16-11(9-7-8-10-15-19)12(17)18-14(4,5)6;/h11,15-16H,7-10,19H2,1-6H3;1H4. The van der Waals surface area contributed by atoms with E-state index in [2.05, 4.69) is 40.6 Å². The Kier molecular flexibility index (Phi) is 10.7. The first-order valence-electron chi connectivity index (χ1n) is 6.99. The van der Waals surface area contributed by atoms with Crippen molar-refractivity contribution >= 4 is 15.4 Å². The third kappa shape index (κ3) is 12.8. The first-order chi connectivity index (χ1) is 8.55. The van der Waals surface area contributed by atoms with Crippen LogP contribution in [0.5, 0.6) is 0 Å². The van der Waals surface area contributed by atoms with Crippen molar-refractivity contribution in [3.63, 3.8) is 0 Å². The van der Waals surface area contributed by atoms with Crippen molar-refractivity contribution in [3.05, 3.63) is 0 Å². The van der Waals surface area contributed by atoms with Gasteiger partial charge in [0.05, 0.1) is 0 Å². The smallest absolute Gasteiger partial charge is 0.323 e. The van der Waals surface area contributed by atoms with Crippen LogP contribution in [0.25, 0.3) is 0 Å². The average Bonchev–Trinajstić information content (AvgIpc) is 2.18. The van der Waals surface area contributed by atoms with E-state index in [0.717, 1.165) is 25.8 Å². The largest absolute Gasteiger partial charge is 0.459 e. The molecule has 0 saturated heterocycles. The molecule has 0 bridgehead atoms. The summed E-state index contributed by atoms with van der Waals surface area (Å²) in [4.78, 5) is 12.2. The third-order valence-corrected chi connectivity index (χ3v) is 2.65. The quantitative estimate of drug-likeness (QED) is 0.430. The highest BCUT2D eigenvalue weighted by Crippen LogP contribution is 2.14. The van der Waals surface area contributed by atoms with E-state index in [9.17, 15) is 4.79 Å². The predicted octanol–water partition coefficient (Wildman–Crippen LogP) is 3.27. The predicted molar refractivity (Wildman–Crippen MR) is 90.8 cm³/mol. The molecule has 20 heavy (non-hydrogen) atoms. The number of hydrogen-bond acceptors (Lipinski definition) is 4. The number of unbranched alkanes of at least 4 members (excludes halogenated alkanes) is 1. The van der Waals surface area contributed by atoms with Gasteiger partial charge in [0, 0.05) is 5.54 Å². The minimum atomic E-state index is -0.434. The summed E-state index contributed by atoms with van der Waals surface area (Å²) >= 11 is 0. The molecular formula is C15H35N2O2P. The molecule has 0 rings (SSSR count). The molecule has 2 unspecified atom stereocenters. The number of carbonyl (C=O) groups is 1. The molecule has 0 aromatic carbocycles. The van der Waals surface area contributed by atoms with Crippen LogP contribution in [-0.4, -0.2) is 29.7 Å². The highest BCUT2D eigenvalue weighted by molar-refractivity contribution is 7.13. The van der Waals surface area contributed by atoms with E-state index in [0.29, 0.717) is 0 Å². The molecule has 2 atom stereocenters. The monoisotopic (exact) mass is 306 g/mol. The zero-order valence-corrected chi connectivity index (χ0v) is 14.5. The van der Waals surface area contributed by atoms with Crippen molar-refractivity contribution in [3.8, 4) is 0 Å². The van der Waals surface area contributed by atoms with Crippen molar-refractivity contribution in [2.45, 2.75) is 85.4 Å². The highest BCUT2D eigenvalue weighted by Gasteiger charge is 2.27. The topological polar surface area (TPSA) is 50.4 Å². The summed E-state index contributed by atoms with van der Waals surface area (Å²) in [5.41, 5.74) is -0.531. The Hall–Kier alpha value is -0.180. The zero-order chi connectivity index (χ0) is 15.1. The molecule has 0 radical (unpaired) electrons. The molecule has 0 aromatic rings. The fraction of sp³-hybridized carbons (Fsp3) is 0.933. The molecule has 0 aliphatic carbocycles. The maximum Gasteiger partial charge on any atom is 0.323 e. The van der Waals surface area contributed by atoms with Gasteiger partial charge in [0.25, 0.3) is 0 Å². The number of carbonyl (C=O) groups excluding carboxylic acids is 1. The summed E-state index contributed by atoms with van der Waals surface area (Å²) < 4.78 is 5.48.